The molecule has 3 rings (SSSR count). The summed E-state index contributed by atoms with van der Waals surface area (Å²) in [5.41, 5.74) is 1.76. The molecule has 3 aromatic rings. The van der Waals surface area contributed by atoms with Crippen LogP contribution in [0.3, 0.4) is 0 Å². The van der Waals surface area contributed by atoms with E-state index in [1.807, 2.05) is 45.0 Å². The highest BCUT2D eigenvalue weighted by atomic mass is 79.9. The second kappa shape index (κ2) is 13.2. The minimum absolute atomic E-state index is 0.00788. The summed E-state index contributed by atoms with van der Waals surface area (Å²) in [4.78, 5) is 28.2. The van der Waals surface area contributed by atoms with Crippen LogP contribution in [0.15, 0.2) is 82.2 Å². The van der Waals surface area contributed by atoms with Gasteiger partial charge in [0.1, 0.15) is 18.4 Å². The molecule has 7 nitrogen and oxygen atoms in total. The van der Waals surface area contributed by atoms with Gasteiger partial charge in [-0.05, 0) is 73.9 Å². The molecule has 10 heteroatoms. The van der Waals surface area contributed by atoms with Crippen LogP contribution >= 0.6 is 15.9 Å². The molecule has 208 valence electrons. The summed E-state index contributed by atoms with van der Waals surface area (Å²) in [5.74, 6) is -1.25. The van der Waals surface area contributed by atoms with Gasteiger partial charge in [-0.15, -0.1) is 0 Å². The molecule has 0 spiro atoms. The number of sulfonamides is 1. The third kappa shape index (κ3) is 8.12. The van der Waals surface area contributed by atoms with Crippen molar-refractivity contribution in [3.63, 3.8) is 0 Å². The predicted molar refractivity (Wildman–Crippen MR) is 154 cm³/mol. The molecule has 0 saturated carbocycles. The van der Waals surface area contributed by atoms with Crippen molar-refractivity contribution in [3.05, 3.63) is 94.2 Å². The first-order valence-electron chi connectivity index (χ1n) is 12.5. The van der Waals surface area contributed by atoms with Gasteiger partial charge in [0.15, 0.2) is 0 Å². The summed E-state index contributed by atoms with van der Waals surface area (Å²) in [6.07, 6.45) is 0. The van der Waals surface area contributed by atoms with Gasteiger partial charge in [0.25, 0.3) is 10.0 Å². The predicted octanol–water partition coefficient (Wildman–Crippen LogP) is 5.28. The Labute approximate surface area is 238 Å². The van der Waals surface area contributed by atoms with Gasteiger partial charge in [-0.3, -0.25) is 13.9 Å². The number of nitrogens with zero attached hydrogens (tertiary/aromatic N) is 2. The molecule has 3 aromatic carbocycles. The van der Waals surface area contributed by atoms with Crippen molar-refractivity contribution in [3.8, 4) is 0 Å². The summed E-state index contributed by atoms with van der Waals surface area (Å²) in [7, 11) is -4.20. The topological polar surface area (TPSA) is 86.8 Å². The molecule has 0 aliphatic rings. The molecule has 0 heterocycles. The fraction of sp³-hybridized carbons (Fsp3) is 0.310. The van der Waals surface area contributed by atoms with E-state index in [2.05, 4.69) is 21.2 Å². The highest BCUT2D eigenvalue weighted by Crippen LogP contribution is 2.25. The van der Waals surface area contributed by atoms with E-state index in [0.29, 0.717) is 6.54 Å². The minimum Gasteiger partial charge on any atom is -0.354 e. The van der Waals surface area contributed by atoms with Crippen molar-refractivity contribution in [2.24, 2.45) is 5.92 Å². The van der Waals surface area contributed by atoms with E-state index < -0.39 is 34.3 Å². The highest BCUT2D eigenvalue weighted by Gasteiger charge is 2.32. The van der Waals surface area contributed by atoms with Gasteiger partial charge in [0, 0.05) is 17.6 Å². The van der Waals surface area contributed by atoms with Crippen LogP contribution in [0.5, 0.6) is 0 Å². The van der Waals surface area contributed by atoms with E-state index in [4.69, 9.17) is 0 Å². The first kappa shape index (κ1) is 30.3. The number of anilines is 1. The van der Waals surface area contributed by atoms with Gasteiger partial charge in [-0.1, -0.05) is 59.6 Å². The molecule has 0 bridgehead atoms. The average molecular weight is 619 g/mol. The fourth-order valence-corrected chi connectivity index (χ4v) is 5.70. The maximum atomic E-state index is 13.9. The number of aryl methyl sites for hydroxylation is 1. The van der Waals surface area contributed by atoms with Gasteiger partial charge < -0.3 is 10.2 Å². The second-order valence-corrected chi connectivity index (χ2v) is 12.5. The SMILES string of the molecule is Cc1ccc(S(=O)(=O)N(CC(=O)N(Cc2cccc(Br)c2)[C@@H](C)C(=O)NCC(C)C)c2ccc(F)cc2)cc1. The molecule has 0 radical (unpaired) electrons. The Morgan fingerprint density at radius 1 is 0.974 bits per heavy atom. The largest absolute Gasteiger partial charge is 0.354 e. The molecule has 0 aromatic heterocycles. The van der Waals surface area contributed by atoms with Crippen molar-refractivity contribution in [1.82, 2.24) is 10.2 Å². The standard InChI is InChI=1S/C29H33BrFN3O4S/c1-20(2)17-32-29(36)22(4)33(18-23-6-5-7-24(30)16-23)28(35)19-34(26-12-10-25(31)11-13-26)39(37,38)27-14-8-21(3)9-15-27/h5-16,20,22H,17-19H2,1-4H3,(H,32,36)/t22-/m0/s1. The van der Waals surface area contributed by atoms with E-state index in [0.717, 1.165) is 32.0 Å². The van der Waals surface area contributed by atoms with Crippen LogP contribution < -0.4 is 9.62 Å². The van der Waals surface area contributed by atoms with Crippen LogP contribution in [-0.2, 0) is 26.2 Å². The van der Waals surface area contributed by atoms with Crippen LogP contribution in [0, 0.1) is 18.7 Å². The Hall–Kier alpha value is -3.24. The lowest BCUT2D eigenvalue weighted by molar-refractivity contribution is -0.139. The summed E-state index contributed by atoms with van der Waals surface area (Å²) in [6.45, 7) is 7.31. The Kier molecular flexibility index (Phi) is 10.3. The first-order valence-corrected chi connectivity index (χ1v) is 14.8. The zero-order valence-electron chi connectivity index (χ0n) is 22.4. The fourth-order valence-electron chi connectivity index (χ4n) is 3.84. The summed E-state index contributed by atoms with van der Waals surface area (Å²) < 4.78 is 43.0. The van der Waals surface area contributed by atoms with Crippen LogP contribution in [0.1, 0.15) is 31.9 Å². The molecule has 0 aliphatic heterocycles. The van der Waals surface area contributed by atoms with E-state index in [1.165, 1.54) is 29.2 Å². The van der Waals surface area contributed by atoms with E-state index in [9.17, 15) is 22.4 Å². The van der Waals surface area contributed by atoms with Gasteiger partial charge in [0.05, 0.1) is 10.6 Å². The van der Waals surface area contributed by atoms with Crippen molar-refractivity contribution in [2.45, 2.75) is 45.2 Å². The van der Waals surface area contributed by atoms with Crippen LogP contribution in [0.2, 0.25) is 0 Å². The van der Waals surface area contributed by atoms with Crippen molar-refractivity contribution in [1.29, 1.82) is 0 Å². The number of carbonyl (C=O) groups is 2. The molecular formula is C29H33BrFN3O4S. The molecule has 0 aliphatic carbocycles. The Balaban J connectivity index is 2.01. The normalized spacial score (nSPS) is 12.2. The van der Waals surface area contributed by atoms with Gasteiger partial charge in [-0.2, -0.15) is 0 Å². The van der Waals surface area contributed by atoms with Crippen LogP contribution in [0.25, 0.3) is 0 Å². The molecule has 0 fully saturated rings. The molecule has 0 saturated heterocycles. The van der Waals surface area contributed by atoms with Gasteiger partial charge in [-0.25, -0.2) is 12.8 Å². The number of halogens is 2. The van der Waals surface area contributed by atoms with Gasteiger partial charge >= 0.3 is 0 Å². The Morgan fingerprint density at radius 3 is 2.21 bits per heavy atom. The average Bonchev–Trinajstić information content (AvgIpc) is 2.89. The number of carbonyl (C=O) groups excluding carboxylic acids is 2. The molecule has 0 unspecified atom stereocenters. The second-order valence-electron chi connectivity index (χ2n) is 9.77. The van der Waals surface area contributed by atoms with Crippen molar-refractivity contribution < 1.29 is 22.4 Å². The lowest BCUT2D eigenvalue weighted by atomic mass is 10.1. The maximum Gasteiger partial charge on any atom is 0.264 e. The minimum atomic E-state index is -4.20. The lowest BCUT2D eigenvalue weighted by Crippen LogP contribution is -2.51. The lowest BCUT2D eigenvalue weighted by Gasteiger charge is -2.32. The molecule has 39 heavy (non-hydrogen) atoms. The Bertz CT molecular complexity index is 1400. The third-order valence-corrected chi connectivity index (χ3v) is 8.38. The molecule has 2 amide bonds. The quantitative estimate of drug-likeness (QED) is 0.317. The zero-order chi connectivity index (χ0) is 28.7. The zero-order valence-corrected chi connectivity index (χ0v) is 24.8. The van der Waals surface area contributed by atoms with E-state index in [-0.39, 0.29) is 29.0 Å². The monoisotopic (exact) mass is 617 g/mol. The summed E-state index contributed by atoms with van der Waals surface area (Å²) in [5, 5.41) is 2.85. The van der Waals surface area contributed by atoms with Gasteiger partial charge in [0.2, 0.25) is 11.8 Å². The number of hydrogen-bond acceptors (Lipinski definition) is 4. The van der Waals surface area contributed by atoms with E-state index >= 15 is 0 Å². The van der Waals surface area contributed by atoms with E-state index in [1.54, 1.807) is 19.1 Å². The third-order valence-electron chi connectivity index (χ3n) is 6.10. The molecule has 1 atom stereocenters. The maximum absolute atomic E-state index is 13.9. The Morgan fingerprint density at radius 2 is 1.62 bits per heavy atom. The van der Waals surface area contributed by atoms with Crippen LogP contribution in [0.4, 0.5) is 10.1 Å². The molecular weight excluding hydrogens is 585 g/mol. The number of benzene rings is 3. The van der Waals surface area contributed by atoms with Crippen molar-refractivity contribution >= 4 is 43.5 Å². The molecule has 1 N–H and O–H groups in total. The summed E-state index contributed by atoms with van der Waals surface area (Å²) >= 11 is 3.43. The number of nitrogens with one attached hydrogen (secondary N) is 1. The van der Waals surface area contributed by atoms with Crippen molar-refractivity contribution in [2.75, 3.05) is 17.4 Å². The number of hydrogen-bond donors (Lipinski definition) is 1. The first-order chi connectivity index (χ1) is 18.4. The van der Waals surface area contributed by atoms with Crippen LogP contribution in [-0.4, -0.2) is 44.3 Å². The smallest absolute Gasteiger partial charge is 0.264 e. The highest BCUT2D eigenvalue weighted by molar-refractivity contribution is 9.10. The number of amides is 2. The summed E-state index contributed by atoms with van der Waals surface area (Å²) in [6, 6.07) is 17.6. The number of rotatable bonds is 11.